The Bertz CT molecular complexity index is 1280. The standard InChI is InChI=1S/C28H34F2N6O2/c1-5-6-7-22(38-27(29)30)18(3)25-26-21(8-9-31-25)34-23-14-17(2)24(19(4)36(23)26)20-15-32-28(33-16-20)35-10-12-37-13-11-35/h5-7,15-17,25,27,31H,3,8-14H2,1-2,4H3/b6-5-,22-7+. The van der Waals surface area contributed by atoms with Gasteiger partial charge in [0.25, 0.3) is 0 Å². The predicted molar refractivity (Wildman–Crippen MR) is 143 cm³/mol. The first-order valence-corrected chi connectivity index (χ1v) is 13.1. The molecule has 2 aromatic rings. The summed E-state index contributed by atoms with van der Waals surface area (Å²) < 4.78 is 39.0. The van der Waals surface area contributed by atoms with Crippen LogP contribution in [-0.2, 0) is 22.3 Å². The Kier molecular flexibility index (Phi) is 7.71. The Balaban J connectivity index is 1.53. The molecular formula is C28H34F2N6O2. The minimum absolute atomic E-state index is 0.0529. The Morgan fingerprint density at radius 2 is 2.00 bits per heavy atom. The van der Waals surface area contributed by atoms with E-state index in [1.54, 1.807) is 12.2 Å². The quantitative estimate of drug-likeness (QED) is 0.421. The zero-order valence-corrected chi connectivity index (χ0v) is 22.1. The number of halogens is 2. The number of allylic oxidation sites excluding steroid dienone is 5. The molecule has 3 aliphatic rings. The van der Waals surface area contributed by atoms with Gasteiger partial charge in [0.05, 0.1) is 30.6 Å². The predicted octanol–water partition coefficient (Wildman–Crippen LogP) is 4.53. The Labute approximate surface area is 221 Å². The van der Waals surface area contributed by atoms with Gasteiger partial charge in [0.15, 0.2) is 0 Å². The van der Waals surface area contributed by atoms with Gasteiger partial charge in [-0.1, -0.05) is 25.7 Å². The van der Waals surface area contributed by atoms with E-state index in [1.807, 2.05) is 19.3 Å². The lowest BCUT2D eigenvalue weighted by Gasteiger charge is -2.32. The van der Waals surface area contributed by atoms with Crippen LogP contribution < -0.4 is 10.2 Å². The molecule has 0 saturated carbocycles. The number of ether oxygens (including phenoxy) is 2. The molecule has 3 aliphatic heterocycles. The molecule has 0 radical (unpaired) electrons. The molecular weight excluding hydrogens is 490 g/mol. The highest BCUT2D eigenvalue weighted by atomic mass is 19.3. The first-order valence-electron chi connectivity index (χ1n) is 13.1. The number of nitrogens with zero attached hydrogens (tertiary/aromatic N) is 5. The number of rotatable bonds is 7. The summed E-state index contributed by atoms with van der Waals surface area (Å²) in [7, 11) is 0. The highest BCUT2D eigenvalue weighted by molar-refractivity contribution is 5.85. The fraction of sp³-hybridized carbons (Fsp3) is 0.464. The van der Waals surface area contributed by atoms with Crippen LogP contribution in [0.1, 0.15) is 49.6 Å². The van der Waals surface area contributed by atoms with Gasteiger partial charge in [0.1, 0.15) is 11.6 Å². The van der Waals surface area contributed by atoms with Crippen molar-refractivity contribution >= 4 is 17.2 Å². The summed E-state index contributed by atoms with van der Waals surface area (Å²) in [6.07, 6.45) is 10.2. The number of anilines is 1. The Morgan fingerprint density at radius 1 is 1.26 bits per heavy atom. The van der Waals surface area contributed by atoms with Crippen molar-refractivity contribution in [3.63, 3.8) is 0 Å². The molecule has 0 aromatic carbocycles. The van der Waals surface area contributed by atoms with E-state index in [4.69, 9.17) is 14.5 Å². The fourth-order valence-electron chi connectivity index (χ4n) is 5.62. The van der Waals surface area contributed by atoms with Crippen molar-refractivity contribution in [1.82, 2.24) is 24.8 Å². The normalized spacial score (nSPS) is 22.2. The van der Waals surface area contributed by atoms with Gasteiger partial charge in [-0.3, -0.25) is 0 Å². The molecule has 1 fully saturated rings. The number of hydrogen-bond donors (Lipinski definition) is 1. The van der Waals surface area contributed by atoms with Crippen LogP contribution in [0.5, 0.6) is 0 Å². The van der Waals surface area contributed by atoms with Gasteiger partial charge < -0.3 is 24.3 Å². The van der Waals surface area contributed by atoms with E-state index >= 15 is 0 Å². The number of imidazole rings is 1. The molecule has 1 N–H and O–H groups in total. The molecule has 0 spiro atoms. The molecule has 202 valence electrons. The van der Waals surface area contributed by atoms with E-state index in [2.05, 4.69) is 45.2 Å². The summed E-state index contributed by atoms with van der Waals surface area (Å²) in [6, 6.07) is -0.417. The maximum absolute atomic E-state index is 13.2. The third-order valence-electron chi connectivity index (χ3n) is 7.31. The monoisotopic (exact) mass is 524 g/mol. The van der Waals surface area contributed by atoms with Crippen LogP contribution in [-0.4, -0.2) is 59.0 Å². The molecule has 1 saturated heterocycles. The van der Waals surface area contributed by atoms with E-state index in [-0.39, 0.29) is 11.7 Å². The number of alkyl halides is 2. The summed E-state index contributed by atoms with van der Waals surface area (Å²) in [5, 5.41) is 3.46. The second-order valence-electron chi connectivity index (χ2n) is 9.77. The van der Waals surface area contributed by atoms with Gasteiger partial charge in [-0.25, -0.2) is 15.0 Å². The Morgan fingerprint density at radius 3 is 2.68 bits per heavy atom. The summed E-state index contributed by atoms with van der Waals surface area (Å²) in [4.78, 5) is 16.5. The van der Waals surface area contributed by atoms with E-state index in [1.165, 1.54) is 6.08 Å². The first kappa shape index (κ1) is 26.2. The summed E-state index contributed by atoms with van der Waals surface area (Å²) in [6.45, 7) is 10.9. The minimum Gasteiger partial charge on any atom is -0.434 e. The van der Waals surface area contributed by atoms with Crippen LogP contribution in [0.15, 0.2) is 48.5 Å². The van der Waals surface area contributed by atoms with E-state index in [9.17, 15) is 8.78 Å². The molecule has 5 heterocycles. The number of morpholine rings is 1. The summed E-state index contributed by atoms with van der Waals surface area (Å²) in [5.74, 6) is 1.94. The van der Waals surface area contributed by atoms with Crippen molar-refractivity contribution in [2.45, 2.75) is 46.3 Å². The van der Waals surface area contributed by atoms with Crippen LogP contribution >= 0.6 is 0 Å². The van der Waals surface area contributed by atoms with Gasteiger partial charge in [0, 0.05) is 61.7 Å². The van der Waals surface area contributed by atoms with E-state index in [0.717, 1.165) is 60.0 Å². The third-order valence-corrected chi connectivity index (χ3v) is 7.31. The molecule has 0 aliphatic carbocycles. The largest absolute Gasteiger partial charge is 0.434 e. The van der Waals surface area contributed by atoms with Gasteiger partial charge in [-0.2, -0.15) is 8.78 Å². The zero-order chi connectivity index (χ0) is 26.8. The Hall–Kier alpha value is -3.37. The molecule has 8 nitrogen and oxygen atoms in total. The maximum atomic E-state index is 13.2. The third kappa shape index (κ3) is 5.02. The van der Waals surface area contributed by atoms with Gasteiger partial charge >= 0.3 is 6.61 Å². The van der Waals surface area contributed by atoms with Crippen LogP contribution in [0.2, 0.25) is 0 Å². The lowest BCUT2D eigenvalue weighted by molar-refractivity contribution is -0.0939. The van der Waals surface area contributed by atoms with E-state index < -0.39 is 12.7 Å². The first-order chi connectivity index (χ1) is 18.4. The zero-order valence-electron chi connectivity index (χ0n) is 22.1. The van der Waals surface area contributed by atoms with Crippen LogP contribution in [0.3, 0.4) is 0 Å². The highest BCUT2D eigenvalue weighted by Crippen LogP contribution is 2.41. The molecule has 2 aromatic heterocycles. The second kappa shape index (κ2) is 11.2. The lowest BCUT2D eigenvalue weighted by atomic mass is 9.88. The topological polar surface area (TPSA) is 77.3 Å². The van der Waals surface area contributed by atoms with Crippen molar-refractivity contribution < 1.29 is 18.3 Å². The molecule has 5 rings (SSSR count). The average molecular weight is 525 g/mol. The van der Waals surface area contributed by atoms with Gasteiger partial charge in [0.2, 0.25) is 5.95 Å². The fourth-order valence-corrected chi connectivity index (χ4v) is 5.62. The smallest absolute Gasteiger partial charge is 0.387 e. The van der Waals surface area contributed by atoms with Crippen molar-refractivity contribution in [2.75, 3.05) is 37.7 Å². The average Bonchev–Trinajstić information content (AvgIpc) is 3.30. The van der Waals surface area contributed by atoms with Crippen LogP contribution in [0, 0.1) is 5.92 Å². The van der Waals surface area contributed by atoms with Gasteiger partial charge in [-0.05, 0) is 31.4 Å². The number of aromatic nitrogens is 4. The van der Waals surface area contributed by atoms with E-state index in [0.29, 0.717) is 31.3 Å². The number of nitrogens with one attached hydrogen (secondary N) is 1. The molecule has 0 bridgehead atoms. The van der Waals surface area contributed by atoms with Crippen LogP contribution in [0.25, 0.3) is 11.3 Å². The molecule has 38 heavy (non-hydrogen) atoms. The maximum Gasteiger partial charge on any atom is 0.387 e. The van der Waals surface area contributed by atoms with Crippen LogP contribution in [0.4, 0.5) is 14.7 Å². The van der Waals surface area contributed by atoms with Crippen molar-refractivity contribution in [3.05, 3.63) is 71.3 Å². The van der Waals surface area contributed by atoms with Crippen molar-refractivity contribution in [1.29, 1.82) is 0 Å². The minimum atomic E-state index is -2.94. The molecule has 2 unspecified atom stereocenters. The molecule has 2 atom stereocenters. The van der Waals surface area contributed by atoms with Gasteiger partial charge in [-0.15, -0.1) is 0 Å². The summed E-state index contributed by atoms with van der Waals surface area (Å²) in [5.41, 5.74) is 5.47. The number of fused-ring (bicyclic) bond motifs is 3. The molecule has 0 amide bonds. The lowest BCUT2D eigenvalue weighted by Crippen LogP contribution is -2.37. The number of hydrogen-bond acceptors (Lipinski definition) is 7. The SMILES string of the molecule is C=C(/C(=C\C=C/C)OC(F)F)C1NCCc2nc3n(c21)C(C)=C(c1cnc(N2CCOCC2)nc1)C(C)C3. The molecule has 10 heteroatoms. The van der Waals surface area contributed by atoms with Crippen molar-refractivity contribution in [2.24, 2.45) is 5.92 Å². The highest BCUT2D eigenvalue weighted by Gasteiger charge is 2.35. The van der Waals surface area contributed by atoms with Crippen molar-refractivity contribution in [3.8, 4) is 0 Å². The second-order valence-corrected chi connectivity index (χ2v) is 9.77. The summed E-state index contributed by atoms with van der Waals surface area (Å²) >= 11 is 0.